The van der Waals surface area contributed by atoms with E-state index in [1.807, 2.05) is 16.8 Å². The van der Waals surface area contributed by atoms with Gasteiger partial charge in [-0.1, -0.05) is 31.2 Å². The first-order valence-corrected chi connectivity index (χ1v) is 18.4. The second-order valence-corrected chi connectivity index (χ2v) is 18.7. The Bertz CT molecular complexity index is 1340. The summed E-state index contributed by atoms with van der Waals surface area (Å²) in [4.78, 5) is 11.7. The zero-order chi connectivity index (χ0) is 27.9. The number of hydrogen-bond donors (Lipinski definition) is 1. The molecule has 5 heterocycles. The molecule has 39 heavy (non-hydrogen) atoms. The van der Waals surface area contributed by atoms with Crippen molar-refractivity contribution in [1.82, 2.24) is 19.7 Å². The van der Waals surface area contributed by atoms with Gasteiger partial charge in [0.25, 0.3) is 0 Å². The standard InChI is InChI=1S/C27H38BrClN6O3Si/c1-17-24(30)27(15-38-17)7-10-34(11-8-27)20-14-19(36-2)21-23(18-6-9-31-25(28)22(18)29)33-35(26(21)32-20)16-37-12-13-39(3,4)5/h6,9,14,17,24H,7-8,10-13,15-16,30H2,1-5H3/t17-,24+/m0/s1. The summed E-state index contributed by atoms with van der Waals surface area (Å²) < 4.78 is 20.3. The lowest BCUT2D eigenvalue weighted by Crippen LogP contribution is -2.50. The number of methoxy groups -OCH3 is 1. The van der Waals surface area contributed by atoms with E-state index >= 15 is 0 Å². The highest BCUT2D eigenvalue weighted by Crippen LogP contribution is 2.44. The number of piperidine rings is 1. The SMILES string of the molecule is COc1cc(N2CCC3(CC2)CO[C@@H](C)[C@H]3N)nc2c1c(-c1ccnc(Br)c1Cl)nn2COCC[Si](C)(C)C. The van der Waals surface area contributed by atoms with Crippen LogP contribution in [0.4, 0.5) is 5.82 Å². The molecule has 0 unspecified atom stereocenters. The Morgan fingerprint density at radius 3 is 2.67 bits per heavy atom. The van der Waals surface area contributed by atoms with E-state index in [1.165, 1.54) is 0 Å². The van der Waals surface area contributed by atoms with Crippen molar-refractivity contribution in [2.24, 2.45) is 11.1 Å². The molecule has 3 aromatic rings. The Kier molecular flexibility index (Phi) is 8.30. The third-order valence-corrected chi connectivity index (χ3v) is 11.0. The van der Waals surface area contributed by atoms with Gasteiger partial charge in [-0.15, -0.1) is 0 Å². The van der Waals surface area contributed by atoms with Crippen LogP contribution in [0.15, 0.2) is 22.9 Å². The van der Waals surface area contributed by atoms with Gasteiger partial charge in [-0.05, 0) is 47.8 Å². The number of hydrogen-bond acceptors (Lipinski definition) is 8. The van der Waals surface area contributed by atoms with Gasteiger partial charge in [0, 0.05) is 57.1 Å². The predicted molar refractivity (Wildman–Crippen MR) is 161 cm³/mol. The molecule has 2 atom stereocenters. The summed E-state index contributed by atoms with van der Waals surface area (Å²) in [5, 5.41) is 6.22. The molecule has 2 aliphatic rings. The summed E-state index contributed by atoms with van der Waals surface area (Å²) >= 11 is 10.1. The van der Waals surface area contributed by atoms with Crippen molar-refractivity contribution in [2.45, 2.75) is 64.3 Å². The normalized spacial score (nSPS) is 21.3. The van der Waals surface area contributed by atoms with Crippen LogP contribution in [0.25, 0.3) is 22.3 Å². The third kappa shape index (κ3) is 5.71. The lowest BCUT2D eigenvalue weighted by atomic mass is 9.73. The van der Waals surface area contributed by atoms with Crippen molar-refractivity contribution in [1.29, 1.82) is 0 Å². The predicted octanol–water partition coefficient (Wildman–Crippen LogP) is 5.56. The summed E-state index contributed by atoms with van der Waals surface area (Å²) in [5.41, 5.74) is 8.73. The zero-order valence-electron chi connectivity index (χ0n) is 23.3. The van der Waals surface area contributed by atoms with Gasteiger partial charge in [-0.25, -0.2) is 14.6 Å². The molecule has 1 spiro atoms. The average molecular weight is 638 g/mol. The van der Waals surface area contributed by atoms with Crippen LogP contribution in [0.3, 0.4) is 0 Å². The minimum absolute atomic E-state index is 0.0364. The number of fused-ring (bicyclic) bond motifs is 1. The van der Waals surface area contributed by atoms with Crippen LogP contribution in [0.2, 0.25) is 30.7 Å². The average Bonchev–Trinajstić information content (AvgIpc) is 3.40. The van der Waals surface area contributed by atoms with Gasteiger partial charge < -0.3 is 24.8 Å². The van der Waals surface area contributed by atoms with E-state index in [-0.39, 0.29) is 24.3 Å². The van der Waals surface area contributed by atoms with E-state index in [2.05, 4.69) is 52.4 Å². The molecule has 5 rings (SSSR count). The minimum atomic E-state index is -1.22. The summed E-state index contributed by atoms with van der Waals surface area (Å²) in [5.74, 6) is 1.55. The van der Waals surface area contributed by atoms with Gasteiger partial charge in [-0.2, -0.15) is 5.10 Å². The van der Waals surface area contributed by atoms with Crippen molar-refractivity contribution in [3.8, 4) is 17.0 Å². The molecule has 212 valence electrons. The number of anilines is 1. The molecule has 0 aromatic carbocycles. The highest BCUT2D eigenvalue weighted by atomic mass is 79.9. The van der Waals surface area contributed by atoms with Crippen molar-refractivity contribution < 1.29 is 14.2 Å². The molecule has 12 heteroatoms. The van der Waals surface area contributed by atoms with Crippen molar-refractivity contribution in [3.05, 3.63) is 28.0 Å². The lowest BCUT2D eigenvalue weighted by molar-refractivity contribution is 0.0814. The molecule has 3 aromatic heterocycles. The van der Waals surface area contributed by atoms with Crippen LogP contribution in [-0.2, 0) is 16.2 Å². The Labute approximate surface area is 244 Å². The molecule has 2 N–H and O–H groups in total. The molecule has 9 nitrogen and oxygen atoms in total. The van der Waals surface area contributed by atoms with E-state index in [0.29, 0.717) is 33.3 Å². The Hall–Kier alpha value is -1.76. The molecule has 2 fully saturated rings. The first-order chi connectivity index (χ1) is 18.5. The molecule has 0 bridgehead atoms. The number of halogens is 2. The summed E-state index contributed by atoms with van der Waals surface area (Å²) in [7, 11) is 0.452. The van der Waals surface area contributed by atoms with Gasteiger partial charge in [0.05, 0.1) is 30.2 Å². The van der Waals surface area contributed by atoms with E-state index in [9.17, 15) is 0 Å². The number of nitrogens with zero attached hydrogens (tertiary/aromatic N) is 5. The number of pyridine rings is 2. The molecule has 2 saturated heterocycles. The Morgan fingerprint density at radius 2 is 2.03 bits per heavy atom. The van der Waals surface area contributed by atoms with Crippen LogP contribution in [0.1, 0.15) is 19.8 Å². The number of aromatic nitrogens is 4. The van der Waals surface area contributed by atoms with Gasteiger partial charge in [-0.3, -0.25) is 0 Å². The quantitative estimate of drug-likeness (QED) is 0.195. The molecule has 0 radical (unpaired) electrons. The fourth-order valence-electron chi connectivity index (χ4n) is 5.51. The van der Waals surface area contributed by atoms with E-state index in [1.54, 1.807) is 13.3 Å². The molecule has 0 amide bonds. The minimum Gasteiger partial charge on any atom is -0.496 e. The fourth-order valence-corrected chi connectivity index (χ4v) is 6.80. The van der Waals surface area contributed by atoms with Gasteiger partial charge >= 0.3 is 0 Å². The van der Waals surface area contributed by atoms with Crippen molar-refractivity contribution in [3.63, 3.8) is 0 Å². The maximum Gasteiger partial charge on any atom is 0.166 e. The molecule has 0 aliphatic carbocycles. The van der Waals surface area contributed by atoms with Crippen LogP contribution >= 0.6 is 27.5 Å². The van der Waals surface area contributed by atoms with Gasteiger partial charge in [0.15, 0.2) is 5.65 Å². The summed E-state index contributed by atoms with van der Waals surface area (Å²) in [6, 6.07) is 4.99. The van der Waals surface area contributed by atoms with Crippen molar-refractivity contribution in [2.75, 3.05) is 38.3 Å². The molecule has 0 saturated carbocycles. The van der Waals surface area contributed by atoms with Gasteiger partial charge in [0.1, 0.15) is 28.6 Å². The van der Waals surface area contributed by atoms with Crippen molar-refractivity contribution >= 4 is 52.5 Å². The zero-order valence-corrected chi connectivity index (χ0v) is 26.7. The fraction of sp³-hybridized carbons (Fsp3) is 0.593. The summed E-state index contributed by atoms with van der Waals surface area (Å²) in [6.45, 7) is 12.5. The number of ether oxygens (including phenoxy) is 3. The monoisotopic (exact) mass is 636 g/mol. The topological polar surface area (TPSA) is 101 Å². The molecular formula is C27H38BrClN6O3Si. The second kappa shape index (κ2) is 11.3. The number of rotatable bonds is 8. The third-order valence-electron chi connectivity index (χ3n) is 8.11. The van der Waals surface area contributed by atoms with E-state index in [4.69, 9.17) is 41.6 Å². The maximum atomic E-state index is 6.67. The van der Waals surface area contributed by atoms with Crippen LogP contribution in [0, 0.1) is 5.41 Å². The summed E-state index contributed by atoms with van der Waals surface area (Å²) in [6.07, 6.45) is 3.73. The smallest absolute Gasteiger partial charge is 0.166 e. The van der Waals surface area contributed by atoms with E-state index in [0.717, 1.165) is 55.3 Å². The Morgan fingerprint density at radius 1 is 1.28 bits per heavy atom. The Balaban J connectivity index is 1.51. The lowest BCUT2D eigenvalue weighted by Gasteiger charge is -2.41. The maximum absolute atomic E-state index is 6.67. The number of nitrogens with two attached hydrogens (primary N) is 1. The van der Waals surface area contributed by atoms with Crippen LogP contribution in [0.5, 0.6) is 5.75 Å². The largest absolute Gasteiger partial charge is 0.496 e. The highest BCUT2D eigenvalue weighted by molar-refractivity contribution is 9.10. The van der Waals surface area contributed by atoms with E-state index < -0.39 is 8.07 Å². The molecule has 2 aliphatic heterocycles. The van der Waals surface area contributed by atoms with Gasteiger partial charge in [0.2, 0.25) is 0 Å². The second-order valence-electron chi connectivity index (χ2n) is 11.9. The highest BCUT2D eigenvalue weighted by Gasteiger charge is 2.47. The first-order valence-electron chi connectivity index (χ1n) is 13.5. The van der Waals surface area contributed by atoms with Crippen LogP contribution < -0.4 is 15.4 Å². The molecular weight excluding hydrogens is 600 g/mol. The van der Waals surface area contributed by atoms with Crippen LogP contribution in [-0.4, -0.2) is 73.4 Å². The first kappa shape index (κ1) is 28.8.